The number of fused-ring (bicyclic) bond motifs is 1. The third kappa shape index (κ3) is 1.83. The monoisotopic (exact) mass is 274 g/mol. The van der Waals surface area contributed by atoms with E-state index in [0.717, 1.165) is 6.42 Å². The molecule has 0 amide bonds. The molecule has 1 saturated carbocycles. The number of halogens is 1. The van der Waals surface area contributed by atoms with E-state index in [2.05, 4.69) is 36.7 Å². The minimum Gasteiger partial charge on any atom is -0.461 e. The summed E-state index contributed by atoms with van der Waals surface area (Å²) in [4.78, 5) is 11.7. The summed E-state index contributed by atoms with van der Waals surface area (Å²) in [5.74, 6) is 1.27. The Morgan fingerprint density at radius 1 is 1.53 bits per heavy atom. The standard InChI is InChI=1S/C12H19BrO2/c1-7(2)8-4-5-12(3)6-9(14)15-11(12)10(8)13/h7-8,10-11H,4-6H2,1-3H3/t8-,10-,11+,12+/m0/s1. The Hall–Kier alpha value is -0.0500. The number of rotatable bonds is 1. The second-order valence-electron chi connectivity index (χ2n) is 5.63. The molecule has 2 rings (SSSR count). The average molecular weight is 275 g/mol. The molecule has 0 bridgehead atoms. The highest BCUT2D eigenvalue weighted by atomic mass is 79.9. The van der Waals surface area contributed by atoms with Crippen LogP contribution in [-0.2, 0) is 9.53 Å². The Morgan fingerprint density at radius 3 is 2.80 bits per heavy atom. The van der Waals surface area contributed by atoms with Gasteiger partial charge in [-0.1, -0.05) is 36.7 Å². The van der Waals surface area contributed by atoms with Crippen molar-refractivity contribution in [2.24, 2.45) is 17.3 Å². The van der Waals surface area contributed by atoms with Crippen molar-refractivity contribution in [2.45, 2.75) is 51.0 Å². The molecule has 4 atom stereocenters. The first kappa shape index (κ1) is 11.4. The van der Waals surface area contributed by atoms with E-state index in [0.29, 0.717) is 23.1 Å². The van der Waals surface area contributed by atoms with Crippen LogP contribution in [0, 0.1) is 17.3 Å². The molecule has 0 aromatic heterocycles. The van der Waals surface area contributed by atoms with Crippen molar-refractivity contribution < 1.29 is 9.53 Å². The molecule has 0 N–H and O–H groups in total. The number of hydrogen-bond acceptors (Lipinski definition) is 2. The second kappa shape index (κ2) is 3.76. The Balaban J connectivity index is 2.19. The van der Waals surface area contributed by atoms with Crippen LogP contribution >= 0.6 is 15.9 Å². The van der Waals surface area contributed by atoms with Crippen molar-refractivity contribution in [2.75, 3.05) is 0 Å². The molecular formula is C12H19BrO2. The molecule has 3 heteroatoms. The molecule has 2 nitrogen and oxygen atoms in total. The number of hydrogen-bond donors (Lipinski definition) is 0. The molecule has 0 unspecified atom stereocenters. The Morgan fingerprint density at radius 2 is 2.20 bits per heavy atom. The number of carbonyl (C=O) groups excluding carboxylic acids is 1. The van der Waals surface area contributed by atoms with Crippen LogP contribution in [0.2, 0.25) is 0 Å². The summed E-state index contributed by atoms with van der Waals surface area (Å²) in [6.45, 7) is 6.68. The highest BCUT2D eigenvalue weighted by Gasteiger charge is 2.53. The lowest BCUT2D eigenvalue weighted by Crippen LogP contribution is -2.45. The lowest BCUT2D eigenvalue weighted by molar-refractivity contribution is -0.142. The van der Waals surface area contributed by atoms with Gasteiger partial charge in [0.05, 0.1) is 11.2 Å². The van der Waals surface area contributed by atoms with Crippen molar-refractivity contribution in [1.29, 1.82) is 0 Å². The van der Waals surface area contributed by atoms with Gasteiger partial charge < -0.3 is 4.74 Å². The average Bonchev–Trinajstić information content (AvgIpc) is 2.41. The van der Waals surface area contributed by atoms with E-state index in [9.17, 15) is 4.79 Å². The fraction of sp³-hybridized carbons (Fsp3) is 0.917. The zero-order valence-electron chi connectivity index (χ0n) is 9.63. The molecule has 0 aromatic rings. The first-order chi connectivity index (χ1) is 6.94. The number of carbonyl (C=O) groups is 1. The number of ether oxygens (including phenoxy) is 1. The third-order valence-electron chi connectivity index (χ3n) is 4.10. The van der Waals surface area contributed by atoms with Crippen molar-refractivity contribution in [3.8, 4) is 0 Å². The zero-order chi connectivity index (χ0) is 11.2. The molecule has 1 aliphatic carbocycles. The Labute approximate surface area is 99.9 Å². The minimum atomic E-state index is -0.0173. The topological polar surface area (TPSA) is 26.3 Å². The summed E-state index contributed by atoms with van der Waals surface area (Å²) >= 11 is 3.75. The van der Waals surface area contributed by atoms with E-state index < -0.39 is 0 Å². The van der Waals surface area contributed by atoms with Crippen molar-refractivity contribution >= 4 is 21.9 Å². The zero-order valence-corrected chi connectivity index (χ0v) is 11.2. The van der Waals surface area contributed by atoms with Gasteiger partial charge in [0.25, 0.3) is 0 Å². The number of esters is 1. The van der Waals surface area contributed by atoms with Crippen LogP contribution in [0.4, 0.5) is 0 Å². The maximum Gasteiger partial charge on any atom is 0.306 e. The van der Waals surface area contributed by atoms with Crippen LogP contribution in [-0.4, -0.2) is 16.9 Å². The van der Waals surface area contributed by atoms with Gasteiger partial charge in [-0.15, -0.1) is 0 Å². The van der Waals surface area contributed by atoms with E-state index in [-0.39, 0.29) is 17.5 Å². The molecule has 1 heterocycles. The van der Waals surface area contributed by atoms with Gasteiger partial charge in [-0.2, -0.15) is 0 Å². The van der Waals surface area contributed by atoms with Crippen LogP contribution in [0.1, 0.15) is 40.0 Å². The van der Waals surface area contributed by atoms with Gasteiger partial charge in [-0.3, -0.25) is 4.79 Å². The summed E-state index contributed by atoms with van der Waals surface area (Å²) in [7, 11) is 0. The summed E-state index contributed by atoms with van der Waals surface area (Å²) in [6, 6.07) is 0. The van der Waals surface area contributed by atoms with Crippen LogP contribution < -0.4 is 0 Å². The van der Waals surface area contributed by atoms with Gasteiger partial charge in [0.1, 0.15) is 6.10 Å². The van der Waals surface area contributed by atoms with Gasteiger partial charge in [0.2, 0.25) is 0 Å². The van der Waals surface area contributed by atoms with Crippen LogP contribution in [0.5, 0.6) is 0 Å². The molecule has 1 aliphatic heterocycles. The van der Waals surface area contributed by atoms with E-state index in [1.54, 1.807) is 0 Å². The molecule has 1 saturated heterocycles. The molecule has 0 aromatic carbocycles. The fourth-order valence-electron chi connectivity index (χ4n) is 3.02. The Kier molecular flexibility index (Phi) is 2.87. The van der Waals surface area contributed by atoms with Gasteiger partial charge in [0.15, 0.2) is 0 Å². The summed E-state index contributed by atoms with van der Waals surface area (Å²) < 4.78 is 5.48. The predicted molar refractivity (Wildman–Crippen MR) is 62.9 cm³/mol. The van der Waals surface area contributed by atoms with Gasteiger partial charge >= 0.3 is 5.97 Å². The van der Waals surface area contributed by atoms with E-state index in [4.69, 9.17) is 4.74 Å². The van der Waals surface area contributed by atoms with Crippen LogP contribution in [0.3, 0.4) is 0 Å². The summed E-state index contributed by atoms with van der Waals surface area (Å²) in [5.41, 5.74) is 0.0800. The smallest absolute Gasteiger partial charge is 0.306 e. The molecular weight excluding hydrogens is 256 g/mol. The first-order valence-corrected chi connectivity index (χ1v) is 6.69. The SMILES string of the molecule is CC(C)[C@@H]1CC[C@]2(C)CC(=O)O[C@@H]2[C@H]1Br. The molecule has 15 heavy (non-hydrogen) atoms. The molecule has 2 aliphatic rings. The van der Waals surface area contributed by atoms with Crippen molar-refractivity contribution in [3.63, 3.8) is 0 Å². The maximum atomic E-state index is 11.4. The van der Waals surface area contributed by atoms with Crippen molar-refractivity contribution in [3.05, 3.63) is 0 Å². The van der Waals surface area contributed by atoms with Crippen molar-refractivity contribution in [1.82, 2.24) is 0 Å². The van der Waals surface area contributed by atoms with Gasteiger partial charge in [0, 0.05) is 5.41 Å². The molecule has 2 fully saturated rings. The summed E-state index contributed by atoms with van der Waals surface area (Å²) in [6.07, 6.45) is 3.02. The van der Waals surface area contributed by atoms with Gasteiger partial charge in [-0.25, -0.2) is 0 Å². The first-order valence-electron chi connectivity index (χ1n) is 5.77. The van der Waals surface area contributed by atoms with Crippen LogP contribution in [0.25, 0.3) is 0 Å². The quantitative estimate of drug-likeness (QED) is 0.543. The van der Waals surface area contributed by atoms with E-state index >= 15 is 0 Å². The van der Waals surface area contributed by atoms with E-state index in [1.165, 1.54) is 6.42 Å². The fourth-order valence-corrected chi connectivity index (χ4v) is 4.64. The lowest BCUT2D eigenvalue weighted by atomic mass is 9.67. The second-order valence-corrected chi connectivity index (χ2v) is 6.69. The highest BCUT2D eigenvalue weighted by molar-refractivity contribution is 9.09. The highest BCUT2D eigenvalue weighted by Crippen LogP contribution is 2.51. The van der Waals surface area contributed by atoms with E-state index in [1.807, 2.05) is 0 Å². The van der Waals surface area contributed by atoms with Crippen LogP contribution in [0.15, 0.2) is 0 Å². The molecule has 86 valence electrons. The Bertz CT molecular complexity index is 277. The normalized spacial score (nSPS) is 45.4. The third-order valence-corrected chi connectivity index (χ3v) is 5.26. The molecule has 0 radical (unpaired) electrons. The molecule has 0 spiro atoms. The largest absolute Gasteiger partial charge is 0.461 e. The van der Waals surface area contributed by atoms with Gasteiger partial charge in [-0.05, 0) is 24.7 Å². The minimum absolute atomic E-state index is 0.0173. The lowest BCUT2D eigenvalue weighted by Gasteiger charge is -2.43. The predicted octanol–water partition coefficient (Wildman–Crippen LogP) is 3.14. The number of alkyl halides is 1. The summed E-state index contributed by atoms with van der Waals surface area (Å²) in [5, 5.41) is 0. The maximum absolute atomic E-state index is 11.4.